The predicted octanol–water partition coefficient (Wildman–Crippen LogP) is 0.751. The van der Waals surface area contributed by atoms with E-state index < -0.39 is 6.10 Å². The van der Waals surface area contributed by atoms with Crippen LogP contribution in [0.25, 0.3) is 0 Å². The number of aliphatic hydroxyl groups excluding tert-OH is 1. The van der Waals surface area contributed by atoms with Gasteiger partial charge in [0.05, 0.1) is 12.2 Å². The minimum atomic E-state index is -0.620. The van der Waals surface area contributed by atoms with Gasteiger partial charge in [0, 0.05) is 12.5 Å². The van der Waals surface area contributed by atoms with E-state index in [1.54, 1.807) is 6.92 Å². The van der Waals surface area contributed by atoms with Crippen LogP contribution in [0.15, 0.2) is 0 Å². The van der Waals surface area contributed by atoms with Crippen molar-refractivity contribution in [2.24, 2.45) is 5.92 Å². The monoisotopic (exact) mass is 172 g/mol. The van der Waals surface area contributed by atoms with Gasteiger partial charge in [0.15, 0.2) is 0 Å². The first-order valence-corrected chi connectivity index (χ1v) is 4.43. The van der Waals surface area contributed by atoms with Crippen molar-refractivity contribution in [3.63, 3.8) is 0 Å². The molecule has 0 aromatic heterocycles. The molecule has 1 saturated heterocycles. The third-order valence-electron chi connectivity index (χ3n) is 2.50. The highest BCUT2D eigenvalue weighted by Gasteiger charge is 2.30. The Bertz CT molecular complexity index is 161. The van der Waals surface area contributed by atoms with Gasteiger partial charge >= 0.3 is 0 Å². The van der Waals surface area contributed by atoms with Crippen molar-refractivity contribution in [3.05, 3.63) is 0 Å². The molecule has 0 spiro atoms. The summed E-state index contributed by atoms with van der Waals surface area (Å²) in [5.74, 6) is -0.272. The van der Waals surface area contributed by atoms with E-state index in [4.69, 9.17) is 4.74 Å². The fourth-order valence-corrected chi connectivity index (χ4v) is 1.43. The molecule has 1 aliphatic heterocycles. The molecule has 1 rings (SSSR count). The average molecular weight is 172 g/mol. The fraction of sp³-hybridized carbons (Fsp3) is 0.889. The Morgan fingerprint density at radius 1 is 1.67 bits per heavy atom. The minimum absolute atomic E-state index is 0.0259. The Morgan fingerprint density at radius 2 is 2.33 bits per heavy atom. The lowest BCUT2D eigenvalue weighted by Crippen LogP contribution is -2.34. The Kier molecular flexibility index (Phi) is 3.23. The first kappa shape index (κ1) is 9.68. The minimum Gasteiger partial charge on any atom is -0.390 e. The molecule has 3 unspecified atom stereocenters. The molecule has 0 saturated carbocycles. The van der Waals surface area contributed by atoms with Gasteiger partial charge in [0.1, 0.15) is 5.78 Å². The van der Waals surface area contributed by atoms with E-state index in [2.05, 4.69) is 0 Å². The van der Waals surface area contributed by atoms with Gasteiger partial charge in [-0.3, -0.25) is 4.79 Å². The van der Waals surface area contributed by atoms with Crippen molar-refractivity contribution in [1.82, 2.24) is 0 Å². The Balaban J connectivity index is 2.44. The van der Waals surface area contributed by atoms with E-state index in [0.29, 0.717) is 6.61 Å². The molecule has 0 bridgehead atoms. The Labute approximate surface area is 72.7 Å². The maximum atomic E-state index is 10.9. The lowest BCUT2D eigenvalue weighted by Gasteiger charge is -2.21. The fourth-order valence-electron chi connectivity index (χ4n) is 1.43. The van der Waals surface area contributed by atoms with Gasteiger partial charge < -0.3 is 9.84 Å². The van der Waals surface area contributed by atoms with Gasteiger partial charge in [-0.1, -0.05) is 6.92 Å². The molecule has 3 heteroatoms. The average Bonchev–Trinajstić information content (AvgIpc) is 2.53. The zero-order chi connectivity index (χ0) is 9.14. The highest BCUT2D eigenvalue weighted by Crippen LogP contribution is 2.20. The summed E-state index contributed by atoms with van der Waals surface area (Å²) < 4.78 is 5.28. The molecule has 0 aliphatic carbocycles. The van der Waals surface area contributed by atoms with Crippen LogP contribution in [0.4, 0.5) is 0 Å². The summed E-state index contributed by atoms with van der Waals surface area (Å²) in [5.41, 5.74) is 0. The van der Waals surface area contributed by atoms with Crippen molar-refractivity contribution >= 4 is 5.78 Å². The van der Waals surface area contributed by atoms with Crippen molar-refractivity contribution in [2.45, 2.75) is 38.9 Å². The van der Waals surface area contributed by atoms with Crippen LogP contribution >= 0.6 is 0 Å². The quantitative estimate of drug-likeness (QED) is 0.683. The maximum absolute atomic E-state index is 10.9. The molecule has 0 aromatic carbocycles. The van der Waals surface area contributed by atoms with Crippen molar-refractivity contribution < 1.29 is 14.6 Å². The van der Waals surface area contributed by atoms with Gasteiger partial charge in [-0.25, -0.2) is 0 Å². The second-order valence-electron chi connectivity index (χ2n) is 3.44. The molecule has 3 atom stereocenters. The molecule has 0 radical (unpaired) electrons. The van der Waals surface area contributed by atoms with Crippen molar-refractivity contribution in [2.75, 3.05) is 6.61 Å². The number of aliphatic hydroxyl groups is 1. The highest BCUT2D eigenvalue weighted by atomic mass is 16.5. The Hall–Kier alpha value is -0.410. The van der Waals surface area contributed by atoms with Crippen LogP contribution in [-0.2, 0) is 9.53 Å². The van der Waals surface area contributed by atoms with Gasteiger partial charge in [-0.15, -0.1) is 0 Å². The van der Waals surface area contributed by atoms with E-state index >= 15 is 0 Å². The van der Waals surface area contributed by atoms with Crippen molar-refractivity contribution in [3.8, 4) is 0 Å². The van der Waals surface area contributed by atoms with E-state index in [1.165, 1.54) is 6.92 Å². The SMILES string of the molecule is CC(=O)C(C)C(O)C1CCCO1. The smallest absolute Gasteiger partial charge is 0.135 e. The number of carbonyl (C=O) groups excluding carboxylic acids is 1. The number of carbonyl (C=O) groups is 1. The standard InChI is InChI=1S/C9H16O3/c1-6(7(2)10)9(11)8-4-3-5-12-8/h6,8-9,11H,3-5H2,1-2H3. The zero-order valence-corrected chi connectivity index (χ0v) is 7.62. The second-order valence-corrected chi connectivity index (χ2v) is 3.44. The molecular weight excluding hydrogens is 156 g/mol. The van der Waals surface area contributed by atoms with Crippen LogP contribution in [0.2, 0.25) is 0 Å². The molecule has 12 heavy (non-hydrogen) atoms. The lowest BCUT2D eigenvalue weighted by atomic mass is 9.95. The topological polar surface area (TPSA) is 46.5 Å². The van der Waals surface area contributed by atoms with E-state index in [-0.39, 0.29) is 17.8 Å². The Morgan fingerprint density at radius 3 is 2.75 bits per heavy atom. The van der Waals surface area contributed by atoms with Gasteiger partial charge in [-0.05, 0) is 19.8 Å². The third-order valence-corrected chi connectivity index (χ3v) is 2.50. The van der Waals surface area contributed by atoms with Crippen LogP contribution in [0.3, 0.4) is 0 Å². The van der Waals surface area contributed by atoms with Crippen LogP contribution in [-0.4, -0.2) is 29.7 Å². The number of ketones is 1. The molecule has 1 heterocycles. The molecular formula is C9H16O3. The second kappa shape index (κ2) is 4.01. The molecule has 3 nitrogen and oxygen atoms in total. The number of rotatable bonds is 3. The van der Waals surface area contributed by atoms with E-state index in [9.17, 15) is 9.90 Å². The highest BCUT2D eigenvalue weighted by molar-refractivity contribution is 5.78. The third kappa shape index (κ3) is 2.05. The van der Waals surface area contributed by atoms with Crippen LogP contribution in [0.5, 0.6) is 0 Å². The largest absolute Gasteiger partial charge is 0.390 e. The molecule has 1 fully saturated rings. The summed E-state index contributed by atoms with van der Waals surface area (Å²) in [6.45, 7) is 3.96. The zero-order valence-electron chi connectivity index (χ0n) is 7.62. The normalized spacial score (nSPS) is 28.4. The molecule has 1 N–H and O–H groups in total. The number of hydrogen-bond donors (Lipinski definition) is 1. The van der Waals surface area contributed by atoms with Crippen molar-refractivity contribution in [1.29, 1.82) is 0 Å². The van der Waals surface area contributed by atoms with E-state index in [1.807, 2.05) is 0 Å². The number of ether oxygens (including phenoxy) is 1. The number of Topliss-reactive ketones (excluding diaryl/α,β-unsaturated/α-hetero) is 1. The predicted molar refractivity (Wildman–Crippen MR) is 44.8 cm³/mol. The summed E-state index contributed by atoms with van der Waals surface area (Å²) in [6.07, 6.45) is 1.12. The van der Waals surface area contributed by atoms with Gasteiger partial charge in [0.25, 0.3) is 0 Å². The summed E-state index contributed by atoms with van der Waals surface area (Å²) in [6, 6.07) is 0. The van der Waals surface area contributed by atoms with Crippen LogP contribution in [0.1, 0.15) is 26.7 Å². The molecule has 0 aromatic rings. The maximum Gasteiger partial charge on any atom is 0.135 e. The first-order valence-electron chi connectivity index (χ1n) is 4.43. The van der Waals surface area contributed by atoms with Gasteiger partial charge in [-0.2, -0.15) is 0 Å². The molecule has 1 aliphatic rings. The van der Waals surface area contributed by atoms with Gasteiger partial charge in [0.2, 0.25) is 0 Å². The first-order chi connectivity index (χ1) is 5.63. The van der Waals surface area contributed by atoms with Crippen LogP contribution in [0, 0.1) is 5.92 Å². The lowest BCUT2D eigenvalue weighted by molar-refractivity contribution is -0.127. The van der Waals surface area contributed by atoms with Crippen LogP contribution < -0.4 is 0 Å². The molecule has 0 amide bonds. The molecule has 70 valence electrons. The summed E-state index contributed by atoms with van der Waals surface area (Å²) >= 11 is 0. The summed E-state index contributed by atoms with van der Waals surface area (Å²) in [4.78, 5) is 10.9. The summed E-state index contributed by atoms with van der Waals surface area (Å²) in [7, 11) is 0. The summed E-state index contributed by atoms with van der Waals surface area (Å²) in [5, 5.41) is 9.64. The van der Waals surface area contributed by atoms with E-state index in [0.717, 1.165) is 12.8 Å². The number of hydrogen-bond acceptors (Lipinski definition) is 3.